The van der Waals surface area contributed by atoms with Gasteiger partial charge >= 0.3 is 0 Å². The first-order valence-electron chi connectivity index (χ1n) is 7.80. The predicted octanol–water partition coefficient (Wildman–Crippen LogP) is 2.81. The van der Waals surface area contributed by atoms with Gasteiger partial charge in [-0.05, 0) is 30.7 Å². The van der Waals surface area contributed by atoms with Crippen LogP contribution < -0.4 is 11.1 Å². The van der Waals surface area contributed by atoms with Crippen molar-refractivity contribution in [3.05, 3.63) is 35.9 Å². The summed E-state index contributed by atoms with van der Waals surface area (Å²) in [6, 6.07) is 10.3. The number of amides is 1. The van der Waals surface area contributed by atoms with E-state index in [2.05, 4.69) is 12.2 Å². The SMILES string of the molecule is CCC(C(=O)NCC1CCCCC1N)c1ccccc1. The van der Waals surface area contributed by atoms with E-state index in [1.807, 2.05) is 30.3 Å². The topological polar surface area (TPSA) is 55.1 Å². The first kappa shape index (κ1) is 15.0. The highest BCUT2D eigenvalue weighted by molar-refractivity contribution is 5.83. The minimum absolute atomic E-state index is 0.0454. The molecular weight excluding hydrogens is 248 g/mol. The van der Waals surface area contributed by atoms with Gasteiger partial charge in [0.15, 0.2) is 0 Å². The van der Waals surface area contributed by atoms with Crippen LogP contribution in [0.1, 0.15) is 50.5 Å². The van der Waals surface area contributed by atoms with Crippen molar-refractivity contribution in [3.63, 3.8) is 0 Å². The Hall–Kier alpha value is -1.35. The highest BCUT2D eigenvalue weighted by atomic mass is 16.1. The van der Waals surface area contributed by atoms with Gasteiger partial charge in [0.2, 0.25) is 5.91 Å². The molecule has 0 bridgehead atoms. The second-order valence-electron chi connectivity index (χ2n) is 5.83. The maximum Gasteiger partial charge on any atom is 0.227 e. The van der Waals surface area contributed by atoms with Gasteiger partial charge in [-0.15, -0.1) is 0 Å². The van der Waals surface area contributed by atoms with E-state index in [1.165, 1.54) is 12.8 Å². The summed E-state index contributed by atoms with van der Waals surface area (Å²) < 4.78 is 0. The fourth-order valence-electron chi connectivity index (χ4n) is 3.10. The third-order valence-corrected chi connectivity index (χ3v) is 4.43. The van der Waals surface area contributed by atoms with E-state index < -0.39 is 0 Å². The summed E-state index contributed by atoms with van der Waals surface area (Å²) >= 11 is 0. The molecule has 110 valence electrons. The van der Waals surface area contributed by atoms with Crippen LogP contribution in [0.2, 0.25) is 0 Å². The van der Waals surface area contributed by atoms with Crippen molar-refractivity contribution in [3.8, 4) is 0 Å². The van der Waals surface area contributed by atoms with E-state index in [4.69, 9.17) is 5.73 Å². The minimum atomic E-state index is -0.0454. The van der Waals surface area contributed by atoms with Crippen LogP contribution in [0.15, 0.2) is 30.3 Å². The summed E-state index contributed by atoms with van der Waals surface area (Å²) in [6.45, 7) is 2.78. The molecule has 1 aliphatic carbocycles. The number of nitrogens with two attached hydrogens (primary N) is 1. The molecule has 1 fully saturated rings. The quantitative estimate of drug-likeness (QED) is 0.867. The zero-order valence-corrected chi connectivity index (χ0v) is 12.3. The molecule has 0 heterocycles. The Morgan fingerprint density at radius 3 is 2.65 bits per heavy atom. The van der Waals surface area contributed by atoms with Gasteiger partial charge in [0.25, 0.3) is 0 Å². The number of carbonyl (C=O) groups excluding carboxylic acids is 1. The molecule has 1 aromatic rings. The fourth-order valence-corrected chi connectivity index (χ4v) is 3.10. The smallest absolute Gasteiger partial charge is 0.227 e. The summed E-state index contributed by atoms with van der Waals surface area (Å²) in [7, 11) is 0. The van der Waals surface area contributed by atoms with Gasteiger partial charge in [-0.2, -0.15) is 0 Å². The molecule has 1 amide bonds. The maximum atomic E-state index is 12.4. The van der Waals surface area contributed by atoms with Crippen molar-refractivity contribution in [2.24, 2.45) is 11.7 Å². The van der Waals surface area contributed by atoms with Crippen molar-refractivity contribution >= 4 is 5.91 Å². The van der Waals surface area contributed by atoms with Crippen molar-refractivity contribution in [2.75, 3.05) is 6.54 Å². The number of hydrogen-bond donors (Lipinski definition) is 2. The third kappa shape index (κ3) is 3.83. The molecule has 1 aliphatic rings. The first-order chi connectivity index (χ1) is 9.72. The van der Waals surface area contributed by atoms with Crippen LogP contribution in [-0.4, -0.2) is 18.5 Å². The lowest BCUT2D eigenvalue weighted by Crippen LogP contribution is -2.42. The number of carbonyl (C=O) groups is 1. The van der Waals surface area contributed by atoms with Crippen LogP contribution in [0.4, 0.5) is 0 Å². The van der Waals surface area contributed by atoms with Crippen LogP contribution in [0, 0.1) is 5.92 Å². The Morgan fingerprint density at radius 1 is 1.30 bits per heavy atom. The molecule has 0 radical (unpaired) electrons. The van der Waals surface area contributed by atoms with Crippen LogP contribution in [0.5, 0.6) is 0 Å². The lowest BCUT2D eigenvalue weighted by atomic mass is 9.85. The molecule has 3 heteroatoms. The second-order valence-corrected chi connectivity index (χ2v) is 5.83. The number of rotatable bonds is 5. The summed E-state index contributed by atoms with van der Waals surface area (Å²) in [5.41, 5.74) is 7.23. The average Bonchev–Trinajstić information content (AvgIpc) is 2.48. The van der Waals surface area contributed by atoms with Crippen LogP contribution in [0.25, 0.3) is 0 Å². The van der Waals surface area contributed by atoms with Gasteiger partial charge in [0.1, 0.15) is 0 Å². The zero-order chi connectivity index (χ0) is 14.4. The number of benzene rings is 1. The normalized spacial score (nSPS) is 24.1. The molecule has 1 saturated carbocycles. The summed E-state index contributed by atoms with van der Waals surface area (Å²) in [4.78, 5) is 12.4. The predicted molar refractivity (Wildman–Crippen MR) is 82.4 cm³/mol. The monoisotopic (exact) mass is 274 g/mol. The fraction of sp³-hybridized carbons (Fsp3) is 0.588. The van der Waals surface area contributed by atoms with E-state index in [0.29, 0.717) is 5.92 Å². The van der Waals surface area contributed by atoms with Gasteiger partial charge in [-0.3, -0.25) is 4.79 Å². The second kappa shape index (κ2) is 7.44. The van der Waals surface area contributed by atoms with Gasteiger partial charge in [0.05, 0.1) is 5.92 Å². The highest BCUT2D eigenvalue weighted by Gasteiger charge is 2.24. The standard InChI is InChI=1S/C17H26N2O/c1-2-15(13-8-4-3-5-9-13)17(20)19-12-14-10-6-7-11-16(14)18/h3-5,8-9,14-16H,2,6-7,10-12,18H2,1H3,(H,19,20). The van der Waals surface area contributed by atoms with Crippen molar-refractivity contribution < 1.29 is 4.79 Å². The highest BCUT2D eigenvalue weighted by Crippen LogP contribution is 2.23. The first-order valence-corrected chi connectivity index (χ1v) is 7.80. The van der Waals surface area contributed by atoms with Crippen molar-refractivity contribution in [1.29, 1.82) is 0 Å². The van der Waals surface area contributed by atoms with Gasteiger partial charge in [-0.25, -0.2) is 0 Å². The van der Waals surface area contributed by atoms with E-state index in [9.17, 15) is 4.79 Å². The summed E-state index contributed by atoms with van der Waals surface area (Å²) in [6.07, 6.45) is 5.53. The Labute approximate surface area is 121 Å². The molecule has 1 aromatic carbocycles. The average molecular weight is 274 g/mol. The number of hydrogen-bond acceptors (Lipinski definition) is 2. The lowest BCUT2D eigenvalue weighted by molar-refractivity contribution is -0.122. The lowest BCUT2D eigenvalue weighted by Gasteiger charge is -2.29. The maximum absolute atomic E-state index is 12.4. The third-order valence-electron chi connectivity index (χ3n) is 4.43. The van der Waals surface area contributed by atoms with Crippen LogP contribution >= 0.6 is 0 Å². The molecule has 0 spiro atoms. The largest absolute Gasteiger partial charge is 0.355 e. The molecule has 0 saturated heterocycles. The molecule has 3 nitrogen and oxygen atoms in total. The number of nitrogens with one attached hydrogen (secondary N) is 1. The Morgan fingerprint density at radius 2 is 2.00 bits per heavy atom. The van der Waals surface area contributed by atoms with Gasteiger partial charge in [0, 0.05) is 12.6 Å². The van der Waals surface area contributed by atoms with E-state index in [1.54, 1.807) is 0 Å². The molecular formula is C17H26N2O. The Kier molecular flexibility index (Phi) is 5.60. The van der Waals surface area contributed by atoms with Crippen molar-refractivity contribution in [1.82, 2.24) is 5.32 Å². The summed E-state index contributed by atoms with van der Waals surface area (Å²) in [5, 5.41) is 3.11. The molecule has 0 aromatic heterocycles. The minimum Gasteiger partial charge on any atom is -0.355 e. The van der Waals surface area contributed by atoms with Crippen LogP contribution in [0.3, 0.4) is 0 Å². The van der Waals surface area contributed by atoms with Gasteiger partial charge < -0.3 is 11.1 Å². The van der Waals surface area contributed by atoms with E-state index in [0.717, 1.165) is 31.4 Å². The molecule has 3 unspecified atom stereocenters. The van der Waals surface area contributed by atoms with E-state index in [-0.39, 0.29) is 17.9 Å². The molecule has 3 N–H and O–H groups in total. The molecule has 2 rings (SSSR count). The molecule has 0 aliphatic heterocycles. The van der Waals surface area contributed by atoms with Crippen LogP contribution in [-0.2, 0) is 4.79 Å². The zero-order valence-electron chi connectivity index (χ0n) is 12.3. The summed E-state index contributed by atoms with van der Waals surface area (Å²) in [5.74, 6) is 0.536. The van der Waals surface area contributed by atoms with Gasteiger partial charge in [-0.1, -0.05) is 50.1 Å². The van der Waals surface area contributed by atoms with Crippen molar-refractivity contribution in [2.45, 2.75) is 51.0 Å². The van der Waals surface area contributed by atoms with E-state index >= 15 is 0 Å². The Balaban J connectivity index is 1.89. The molecule has 3 atom stereocenters. The Bertz CT molecular complexity index is 418. The molecule has 20 heavy (non-hydrogen) atoms.